The Hall–Kier alpha value is -1.69. The van der Waals surface area contributed by atoms with E-state index in [0.29, 0.717) is 5.95 Å². The lowest BCUT2D eigenvalue weighted by atomic mass is 10.1. The number of aromatic nitrogens is 3. The monoisotopic (exact) mass is 291 g/mol. The summed E-state index contributed by atoms with van der Waals surface area (Å²) >= 11 is 1.64. The summed E-state index contributed by atoms with van der Waals surface area (Å²) in [5, 5.41) is 9.70. The van der Waals surface area contributed by atoms with E-state index in [1.807, 2.05) is 24.7 Å². The van der Waals surface area contributed by atoms with E-state index in [9.17, 15) is 0 Å². The molecule has 0 unspecified atom stereocenters. The van der Waals surface area contributed by atoms with Crippen molar-refractivity contribution >= 4 is 23.1 Å². The maximum Gasteiger partial charge on any atom is 0.224 e. The van der Waals surface area contributed by atoms with Gasteiger partial charge in [0.2, 0.25) is 5.95 Å². The van der Waals surface area contributed by atoms with Gasteiger partial charge >= 0.3 is 0 Å². The molecule has 0 fully saturated rings. The van der Waals surface area contributed by atoms with Crippen LogP contribution in [0.15, 0.2) is 17.8 Å². The van der Waals surface area contributed by atoms with Crippen LogP contribution in [0.3, 0.4) is 0 Å². The summed E-state index contributed by atoms with van der Waals surface area (Å²) in [5.74, 6) is 1.51. The van der Waals surface area contributed by atoms with Crippen LogP contribution >= 0.6 is 11.3 Å². The number of thiazole rings is 1. The average molecular weight is 291 g/mol. The van der Waals surface area contributed by atoms with Crippen molar-refractivity contribution in [3.05, 3.63) is 28.3 Å². The topological polar surface area (TPSA) is 62.7 Å². The molecule has 0 aromatic carbocycles. The van der Waals surface area contributed by atoms with E-state index in [2.05, 4.69) is 46.4 Å². The molecule has 20 heavy (non-hydrogen) atoms. The zero-order valence-corrected chi connectivity index (χ0v) is 13.2. The van der Waals surface area contributed by atoms with Gasteiger partial charge < -0.3 is 10.6 Å². The lowest BCUT2D eigenvalue weighted by Gasteiger charge is -2.25. The van der Waals surface area contributed by atoms with Crippen LogP contribution in [0.25, 0.3) is 0 Å². The molecule has 2 aromatic heterocycles. The Balaban J connectivity index is 2.19. The Morgan fingerprint density at radius 2 is 2.10 bits per heavy atom. The molecule has 0 aliphatic carbocycles. The highest BCUT2D eigenvalue weighted by molar-refractivity contribution is 7.09. The van der Waals surface area contributed by atoms with Gasteiger partial charge in [0.25, 0.3) is 0 Å². The lowest BCUT2D eigenvalue weighted by Crippen LogP contribution is -2.29. The van der Waals surface area contributed by atoms with E-state index in [0.717, 1.165) is 29.4 Å². The largest absolute Gasteiger partial charge is 0.358 e. The third-order valence-corrected chi connectivity index (χ3v) is 4.00. The third-order valence-electron chi connectivity index (χ3n) is 2.90. The van der Waals surface area contributed by atoms with Crippen molar-refractivity contribution in [2.24, 2.45) is 0 Å². The zero-order valence-electron chi connectivity index (χ0n) is 12.4. The van der Waals surface area contributed by atoms with Crippen LogP contribution in [-0.2, 0) is 5.54 Å². The molecule has 2 N–H and O–H groups in total. The van der Waals surface area contributed by atoms with Gasteiger partial charge in [0, 0.05) is 29.9 Å². The van der Waals surface area contributed by atoms with Crippen LogP contribution in [0.2, 0.25) is 0 Å². The first-order valence-electron chi connectivity index (χ1n) is 6.78. The molecular formula is C14H21N5S. The van der Waals surface area contributed by atoms with Gasteiger partial charge in [-0.15, -0.1) is 11.3 Å². The van der Waals surface area contributed by atoms with Crippen LogP contribution in [-0.4, -0.2) is 21.5 Å². The second-order valence-electron chi connectivity index (χ2n) is 5.24. The molecule has 108 valence electrons. The van der Waals surface area contributed by atoms with Crippen molar-refractivity contribution in [1.82, 2.24) is 15.0 Å². The van der Waals surface area contributed by atoms with E-state index in [1.54, 1.807) is 11.3 Å². The van der Waals surface area contributed by atoms with Gasteiger partial charge in [-0.05, 0) is 27.2 Å². The number of nitrogens with zero attached hydrogens (tertiary/aromatic N) is 3. The fourth-order valence-corrected chi connectivity index (χ4v) is 2.49. The number of nitrogens with one attached hydrogen (secondary N) is 2. The summed E-state index contributed by atoms with van der Waals surface area (Å²) in [6.45, 7) is 9.20. The van der Waals surface area contributed by atoms with Gasteiger partial charge in [0.1, 0.15) is 10.8 Å². The molecule has 0 aliphatic rings. The fourth-order valence-electron chi connectivity index (χ4n) is 1.77. The van der Waals surface area contributed by atoms with Crippen molar-refractivity contribution < 1.29 is 0 Å². The number of aryl methyl sites for hydroxylation is 1. The van der Waals surface area contributed by atoms with E-state index < -0.39 is 0 Å². The van der Waals surface area contributed by atoms with Crippen LogP contribution in [0.4, 0.5) is 11.8 Å². The van der Waals surface area contributed by atoms with Gasteiger partial charge in [-0.1, -0.05) is 6.92 Å². The molecule has 0 atom stereocenters. The van der Waals surface area contributed by atoms with Crippen molar-refractivity contribution in [1.29, 1.82) is 0 Å². The number of hydrogen-bond acceptors (Lipinski definition) is 6. The molecule has 6 heteroatoms. The SMILES string of the molecule is CCCNc1ncc(C)c(NC(C)(C)c2nccs2)n1. The first-order chi connectivity index (χ1) is 9.53. The second-order valence-corrected chi connectivity index (χ2v) is 6.13. The molecule has 0 saturated carbocycles. The molecule has 0 amide bonds. The first kappa shape index (κ1) is 14.7. The molecule has 5 nitrogen and oxygen atoms in total. The van der Waals surface area contributed by atoms with Gasteiger partial charge in [0.05, 0.1) is 5.54 Å². The summed E-state index contributed by atoms with van der Waals surface area (Å²) < 4.78 is 0. The smallest absolute Gasteiger partial charge is 0.224 e. The highest BCUT2D eigenvalue weighted by Crippen LogP contribution is 2.27. The molecule has 2 rings (SSSR count). The molecule has 0 bridgehead atoms. The summed E-state index contributed by atoms with van der Waals surface area (Å²) in [5.41, 5.74) is 0.770. The number of anilines is 2. The number of hydrogen-bond donors (Lipinski definition) is 2. The van der Waals surface area contributed by atoms with Gasteiger partial charge in [-0.25, -0.2) is 9.97 Å². The maximum absolute atomic E-state index is 4.55. The van der Waals surface area contributed by atoms with E-state index >= 15 is 0 Å². The summed E-state index contributed by atoms with van der Waals surface area (Å²) in [6.07, 6.45) is 4.71. The molecule has 2 heterocycles. The van der Waals surface area contributed by atoms with Gasteiger partial charge in [-0.2, -0.15) is 4.98 Å². The van der Waals surface area contributed by atoms with E-state index in [-0.39, 0.29) is 5.54 Å². The Morgan fingerprint density at radius 1 is 1.30 bits per heavy atom. The van der Waals surface area contributed by atoms with Crippen molar-refractivity contribution in [2.45, 2.75) is 39.7 Å². The molecular weight excluding hydrogens is 270 g/mol. The molecule has 0 radical (unpaired) electrons. The highest BCUT2D eigenvalue weighted by Gasteiger charge is 2.24. The van der Waals surface area contributed by atoms with Gasteiger partial charge in [-0.3, -0.25) is 0 Å². The highest BCUT2D eigenvalue weighted by atomic mass is 32.1. The molecule has 0 spiro atoms. The Bertz CT molecular complexity index is 551. The standard InChI is InChI=1S/C14H21N5S/c1-5-6-16-13-17-9-10(2)11(18-13)19-14(3,4)12-15-7-8-20-12/h7-9H,5-6H2,1-4H3,(H2,16,17,18,19). The molecule has 0 aliphatic heterocycles. The summed E-state index contributed by atoms with van der Waals surface area (Å²) in [4.78, 5) is 13.2. The zero-order chi connectivity index (χ0) is 14.6. The van der Waals surface area contributed by atoms with E-state index in [1.165, 1.54) is 0 Å². The first-order valence-corrected chi connectivity index (χ1v) is 7.66. The Kier molecular flexibility index (Phi) is 4.54. The minimum absolute atomic E-state index is 0.255. The lowest BCUT2D eigenvalue weighted by molar-refractivity contribution is 0.600. The van der Waals surface area contributed by atoms with Crippen LogP contribution in [0, 0.1) is 6.92 Å². The molecule has 0 saturated heterocycles. The van der Waals surface area contributed by atoms with Crippen LogP contribution in [0.5, 0.6) is 0 Å². The molecule has 2 aromatic rings. The predicted molar refractivity (Wildman–Crippen MR) is 84.3 cm³/mol. The third kappa shape index (κ3) is 3.45. The summed E-state index contributed by atoms with van der Waals surface area (Å²) in [6, 6.07) is 0. The normalized spacial score (nSPS) is 11.4. The Labute approximate surface area is 123 Å². The summed E-state index contributed by atoms with van der Waals surface area (Å²) in [7, 11) is 0. The van der Waals surface area contributed by atoms with Gasteiger partial charge in [0.15, 0.2) is 0 Å². The fraction of sp³-hybridized carbons (Fsp3) is 0.500. The van der Waals surface area contributed by atoms with Crippen molar-refractivity contribution in [2.75, 3.05) is 17.2 Å². The quantitative estimate of drug-likeness (QED) is 0.854. The maximum atomic E-state index is 4.55. The predicted octanol–water partition coefficient (Wildman–Crippen LogP) is 3.41. The minimum Gasteiger partial charge on any atom is -0.358 e. The second kappa shape index (κ2) is 6.17. The van der Waals surface area contributed by atoms with Crippen LogP contribution < -0.4 is 10.6 Å². The Morgan fingerprint density at radius 3 is 2.75 bits per heavy atom. The average Bonchev–Trinajstić information content (AvgIpc) is 2.94. The van der Waals surface area contributed by atoms with Crippen LogP contribution in [0.1, 0.15) is 37.8 Å². The van der Waals surface area contributed by atoms with Crippen molar-refractivity contribution in [3.63, 3.8) is 0 Å². The van der Waals surface area contributed by atoms with Crippen molar-refractivity contribution in [3.8, 4) is 0 Å². The number of rotatable bonds is 6. The van der Waals surface area contributed by atoms with E-state index in [4.69, 9.17) is 0 Å². The minimum atomic E-state index is -0.255.